The number of non-ortho nitro benzene ring substituents is 1. The lowest BCUT2D eigenvalue weighted by Crippen LogP contribution is -2.03. The molecule has 0 aliphatic heterocycles. The van der Waals surface area contributed by atoms with E-state index in [9.17, 15) is 10.1 Å². The molecule has 0 unspecified atom stereocenters. The Morgan fingerprint density at radius 3 is 2.82 bits per heavy atom. The molecule has 0 bridgehead atoms. The lowest BCUT2D eigenvalue weighted by atomic mass is 10.1. The molecule has 112 valence electrons. The normalized spacial score (nSPS) is 10.8. The Balaban J connectivity index is 1.96. The number of anilines is 1. The average molecular weight is 314 g/mol. The zero-order valence-electron chi connectivity index (χ0n) is 12.2. The van der Waals surface area contributed by atoms with E-state index in [1.165, 1.54) is 10.9 Å². The van der Waals surface area contributed by atoms with Crippen LogP contribution in [0.5, 0.6) is 0 Å². The van der Waals surface area contributed by atoms with E-state index in [4.69, 9.17) is 0 Å². The van der Waals surface area contributed by atoms with Crippen LogP contribution < -0.4 is 5.32 Å². The Morgan fingerprint density at radius 2 is 2.14 bits per heavy atom. The molecule has 0 aliphatic carbocycles. The van der Waals surface area contributed by atoms with E-state index < -0.39 is 0 Å². The van der Waals surface area contributed by atoms with Gasteiger partial charge in [0, 0.05) is 17.1 Å². The maximum atomic E-state index is 11.1. The van der Waals surface area contributed by atoms with Gasteiger partial charge in [0.15, 0.2) is 0 Å². The first-order chi connectivity index (χ1) is 10.6. The number of pyridine rings is 1. The Bertz CT molecular complexity index is 860. The van der Waals surface area contributed by atoms with Gasteiger partial charge in [0.1, 0.15) is 5.52 Å². The fraction of sp³-hybridized carbons (Fsp3) is 0.200. The Labute approximate surface area is 131 Å². The number of thiazole rings is 1. The third-order valence-electron chi connectivity index (χ3n) is 3.39. The van der Waals surface area contributed by atoms with Crippen LogP contribution in [0.4, 0.5) is 11.4 Å². The van der Waals surface area contributed by atoms with Crippen molar-refractivity contribution in [1.29, 1.82) is 0 Å². The minimum absolute atomic E-state index is 0.0642. The van der Waals surface area contributed by atoms with Gasteiger partial charge < -0.3 is 5.32 Å². The molecule has 2 heterocycles. The summed E-state index contributed by atoms with van der Waals surface area (Å²) in [7, 11) is 0. The summed E-state index contributed by atoms with van der Waals surface area (Å²) in [5.74, 6) is 0. The number of aromatic nitrogens is 2. The molecule has 6 nitrogen and oxygen atoms in total. The van der Waals surface area contributed by atoms with Crippen molar-refractivity contribution in [2.45, 2.75) is 20.4 Å². The number of nitrogens with one attached hydrogen (secondary N) is 1. The number of fused-ring (bicyclic) bond motifs is 1. The molecule has 0 aliphatic rings. The van der Waals surface area contributed by atoms with E-state index in [-0.39, 0.29) is 10.6 Å². The van der Waals surface area contributed by atoms with E-state index >= 15 is 0 Å². The maximum absolute atomic E-state index is 11.1. The molecule has 1 N–H and O–H groups in total. The van der Waals surface area contributed by atoms with E-state index in [0.717, 1.165) is 16.4 Å². The van der Waals surface area contributed by atoms with E-state index in [1.807, 2.05) is 13.8 Å². The molecule has 0 fully saturated rings. The zero-order valence-corrected chi connectivity index (χ0v) is 13.0. The van der Waals surface area contributed by atoms with Crippen LogP contribution in [0.25, 0.3) is 10.9 Å². The monoisotopic (exact) mass is 314 g/mol. The van der Waals surface area contributed by atoms with Gasteiger partial charge in [-0.2, -0.15) is 0 Å². The standard InChI is InChI=1S/C15H14N4O2S/c1-9-13(18-10(2)22-9)8-17-12-5-6-14(19(20)21)11-4-3-7-16-15(11)12/h3-7,17H,8H2,1-2H3. The topological polar surface area (TPSA) is 81.0 Å². The van der Waals surface area contributed by atoms with E-state index in [2.05, 4.69) is 15.3 Å². The number of nitro benzene ring substituents is 1. The van der Waals surface area contributed by atoms with Gasteiger partial charge in [-0.3, -0.25) is 15.1 Å². The highest BCUT2D eigenvalue weighted by Crippen LogP contribution is 2.30. The lowest BCUT2D eigenvalue weighted by molar-refractivity contribution is -0.383. The quantitative estimate of drug-likeness (QED) is 0.584. The maximum Gasteiger partial charge on any atom is 0.278 e. The predicted octanol–water partition coefficient (Wildman–Crippen LogP) is 3.83. The number of nitrogens with zero attached hydrogens (tertiary/aromatic N) is 3. The van der Waals surface area contributed by atoms with Gasteiger partial charge in [-0.25, -0.2) is 4.98 Å². The highest BCUT2D eigenvalue weighted by Gasteiger charge is 2.15. The van der Waals surface area contributed by atoms with Crippen LogP contribution in [-0.4, -0.2) is 14.9 Å². The third-order valence-corrected chi connectivity index (χ3v) is 4.32. The molecule has 0 saturated carbocycles. The fourth-order valence-electron chi connectivity index (χ4n) is 2.37. The van der Waals surface area contributed by atoms with Gasteiger partial charge in [0.25, 0.3) is 5.69 Å². The highest BCUT2D eigenvalue weighted by atomic mass is 32.1. The van der Waals surface area contributed by atoms with Crippen LogP contribution in [0.2, 0.25) is 0 Å². The van der Waals surface area contributed by atoms with Gasteiger partial charge in [0.2, 0.25) is 0 Å². The fourth-order valence-corrected chi connectivity index (χ4v) is 3.21. The van der Waals surface area contributed by atoms with E-state index in [1.54, 1.807) is 35.7 Å². The molecule has 0 radical (unpaired) electrons. The van der Waals surface area contributed by atoms with Crippen molar-refractivity contribution in [2.24, 2.45) is 0 Å². The molecular weight excluding hydrogens is 300 g/mol. The second-order valence-corrected chi connectivity index (χ2v) is 6.29. The Morgan fingerprint density at radius 1 is 1.32 bits per heavy atom. The SMILES string of the molecule is Cc1nc(CNc2ccc([N+](=O)[O-])c3cccnc23)c(C)s1. The summed E-state index contributed by atoms with van der Waals surface area (Å²) in [6.45, 7) is 4.58. The number of benzene rings is 1. The van der Waals surface area contributed by atoms with Crippen molar-refractivity contribution in [3.05, 3.63) is 56.2 Å². The number of hydrogen-bond donors (Lipinski definition) is 1. The van der Waals surface area contributed by atoms with Crippen molar-refractivity contribution in [3.8, 4) is 0 Å². The molecule has 3 aromatic rings. The first-order valence-corrected chi connectivity index (χ1v) is 7.57. The summed E-state index contributed by atoms with van der Waals surface area (Å²) in [4.78, 5) is 20.6. The summed E-state index contributed by atoms with van der Waals surface area (Å²) >= 11 is 1.66. The van der Waals surface area contributed by atoms with Crippen LogP contribution in [-0.2, 0) is 6.54 Å². The molecule has 0 atom stereocenters. The minimum Gasteiger partial charge on any atom is -0.378 e. The largest absolute Gasteiger partial charge is 0.378 e. The summed E-state index contributed by atoms with van der Waals surface area (Å²) in [5.41, 5.74) is 2.42. The zero-order chi connectivity index (χ0) is 15.7. The molecule has 7 heteroatoms. The highest BCUT2D eigenvalue weighted by molar-refractivity contribution is 7.11. The van der Waals surface area contributed by atoms with Gasteiger partial charge in [-0.15, -0.1) is 11.3 Å². The molecule has 1 aromatic carbocycles. The van der Waals surface area contributed by atoms with Gasteiger partial charge in [-0.05, 0) is 32.0 Å². The van der Waals surface area contributed by atoms with Crippen LogP contribution in [0.1, 0.15) is 15.6 Å². The van der Waals surface area contributed by atoms with Crippen molar-refractivity contribution in [2.75, 3.05) is 5.32 Å². The predicted molar refractivity (Wildman–Crippen MR) is 87.3 cm³/mol. The summed E-state index contributed by atoms with van der Waals surface area (Å²) < 4.78 is 0. The van der Waals surface area contributed by atoms with Crippen LogP contribution in [0.15, 0.2) is 30.5 Å². The first kappa shape index (κ1) is 14.4. The second kappa shape index (κ2) is 5.69. The summed E-state index contributed by atoms with van der Waals surface area (Å²) in [6.07, 6.45) is 1.63. The molecule has 2 aromatic heterocycles. The average Bonchev–Trinajstić information content (AvgIpc) is 2.82. The van der Waals surface area contributed by atoms with Crippen molar-refractivity contribution >= 4 is 33.6 Å². The molecule has 0 spiro atoms. The third kappa shape index (κ3) is 2.62. The molecule has 22 heavy (non-hydrogen) atoms. The Hall–Kier alpha value is -2.54. The number of rotatable bonds is 4. The van der Waals surface area contributed by atoms with Crippen LogP contribution >= 0.6 is 11.3 Å². The summed E-state index contributed by atoms with van der Waals surface area (Å²) in [5, 5.41) is 15.9. The molecule has 0 saturated heterocycles. The van der Waals surface area contributed by atoms with Crippen molar-refractivity contribution < 1.29 is 4.92 Å². The Kier molecular flexibility index (Phi) is 3.72. The molecule has 3 rings (SSSR count). The second-order valence-electron chi connectivity index (χ2n) is 4.88. The van der Waals surface area contributed by atoms with Gasteiger partial charge in [0.05, 0.1) is 33.2 Å². The smallest absolute Gasteiger partial charge is 0.278 e. The number of nitro groups is 1. The molecular formula is C15H14N4O2S. The van der Waals surface area contributed by atoms with Crippen LogP contribution in [0.3, 0.4) is 0 Å². The number of aryl methyl sites for hydroxylation is 2. The van der Waals surface area contributed by atoms with Gasteiger partial charge in [-0.1, -0.05) is 0 Å². The minimum atomic E-state index is -0.387. The van der Waals surface area contributed by atoms with Crippen molar-refractivity contribution in [3.63, 3.8) is 0 Å². The first-order valence-electron chi connectivity index (χ1n) is 6.75. The van der Waals surface area contributed by atoms with Crippen LogP contribution in [0, 0.1) is 24.0 Å². The van der Waals surface area contributed by atoms with Crippen molar-refractivity contribution in [1.82, 2.24) is 9.97 Å². The number of hydrogen-bond acceptors (Lipinski definition) is 6. The van der Waals surface area contributed by atoms with Gasteiger partial charge >= 0.3 is 0 Å². The molecule has 0 amide bonds. The van der Waals surface area contributed by atoms with E-state index in [0.29, 0.717) is 17.4 Å². The lowest BCUT2D eigenvalue weighted by Gasteiger charge is -2.08. The summed E-state index contributed by atoms with van der Waals surface area (Å²) in [6, 6.07) is 6.62.